The molecule has 1 amide bonds. The van der Waals surface area contributed by atoms with Gasteiger partial charge >= 0.3 is 0 Å². The highest BCUT2D eigenvalue weighted by Crippen LogP contribution is 2.26. The lowest BCUT2D eigenvalue weighted by Crippen LogP contribution is -2.20. The van der Waals surface area contributed by atoms with Gasteiger partial charge in [-0.3, -0.25) is 4.79 Å². The van der Waals surface area contributed by atoms with Gasteiger partial charge in [0.1, 0.15) is 0 Å². The van der Waals surface area contributed by atoms with E-state index in [1.807, 2.05) is 18.2 Å². The van der Waals surface area contributed by atoms with Gasteiger partial charge in [0.2, 0.25) is 5.91 Å². The SMILES string of the molecule is Cc1ccc(NC(=O)C2CCCC2)cc1I. The molecule has 0 spiro atoms. The van der Waals surface area contributed by atoms with Crippen LogP contribution in [0.5, 0.6) is 0 Å². The predicted octanol–water partition coefficient (Wildman–Crippen LogP) is 3.73. The standard InChI is InChI=1S/C13H16INO/c1-9-6-7-11(8-12(9)14)15-13(16)10-4-2-3-5-10/h6-8,10H,2-5H2,1H3,(H,15,16). The number of halogens is 1. The Bertz CT molecular complexity index is 397. The Balaban J connectivity index is 2.02. The van der Waals surface area contributed by atoms with Gasteiger partial charge in [-0.1, -0.05) is 18.9 Å². The van der Waals surface area contributed by atoms with Gasteiger partial charge < -0.3 is 5.32 Å². The number of amides is 1. The number of hydrogen-bond acceptors (Lipinski definition) is 1. The Morgan fingerprint density at radius 1 is 1.38 bits per heavy atom. The molecule has 1 aromatic carbocycles. The van der Waals surface area contributed by atoms with E-state index in [1.165, 1.54) is 22.0 Å². The van der Waals surface area contributed by atoms with Crippen LogP contribution in [0.4, 0.5) is 5.69 Å². The van der Waals surface area contributed by atoms with Crippen molar-refractivity contribution >= 4 is 34.2 Å². The molecule has 2 rings (SSSR count). The van der Waals surface area contributed by atoms with E-state index in [4.69, 9.17) is 0 Å². The van der Waals surface area contributed by atoms with Crippen molar-refractivity contribution in [2.75, 3.05) is 5.32 Å². The van der Waals surface area contributed by atoms with Crippen LogP contribution in [0.3, 0.4) is 0 Å². The molecule has 0 aromatic heterocycles. The molecule has 16 heavy (non-hydrogen) atoms. The van der Waals surface area contributed by atoms with E-state index in [0.717, 1.165) is 18.5 Å². The van der Waals surface area contributed by atoms with Gasteiger partial charge in [-0.05, 0) is 60.1 Å². The van der Waals surface area contributed by atoms with Gasteiger partial charge in [-0.25, -0.2) is 0 Å². The van der Waals surface area contributed by atoms with Gasteiger partial charge in [-0.15, -0.1) is 0 Å². The van der Waals surface area contributed by atoms with Crippen LogP contribution in [0.15, 0.2) is 18.2 Å². The second-order valence-electron chi connectivity index (χ2n) is 4.43. The maximum absolute atomic E-state index is 11.9. The summed E-state index contributed by atoms with van der Waals surface area (Å²) in [5.41, 5.74) is 2.17. The zero-order valence-electron chi connectivity index (χ0n) is 9.42. The highest BCUT2D eigenvalue weighted by molar-refractivity contribution is 14.1. The Morgan fingerprint density at radius 2 is 2.06 bits per heavy atom. The molecule has 0 unspecified atom stereocenters. The summed E-state index contributed by atoms with van der Waals surface area (Å²) in [6.07, 6.45) is 4.50. The van der Waals surface area contributed by atoms with Gasteiger partial charge in [0, 0.05) is 15.2 Å². The molecule has 1 fully saturated rings. The highest BCUT2D eigenvalue weighted by atomic mass is 127. The van der Waals surface area contributed by atoms with Gasteiger partial charge in [-0.2, -0.15) is 0 Å². The van der Waals surface area contributed by atoms with Gasteiger partial charge in [0.05, 0.1) is 0 Å². The minimum Gasteiger partial charge on any atom is -0.326 e. The largest absolute Gasteiger partial charge is 0.326 e. The van der Waals surface area contributed by atoms with Crippen molar-refractivity contribution in [2.24, 2.45) is 5.92 Å². The smallest absolute Gasteiger partial charge is 0.227 e. The van der Waals surface area contributed by atoms with Crippen molar-refractivity contribution in [1.82, 2.24) is 0 Å². The van der Waals surface area contributed by atoms with E-state index in [1.54, 1.807) is 0 Å². The van der Waals surface area contributed by atoms with Crippen molar-refractivity contribution in [3.63, 3.8) is 0 Å². The molecule has 1 aliphatic carbocycles. The third kappa shape index (κ3) is 2.75. The first kappa shape index (κ1) is 11.9. The van der Waals surface area contributed by atoms with E-state index >= 15 is 0 Å². The van der Waals surface area contributed by atoms with Crippen molar-refractivity contribution in [1.29, 1.82) is 0 Å². The summed E-state index contributed by atoms with van der Waals surface area (Å²) < 4.78 is 1.20. The topological polar surface area (TPSA) is 29.1 Å². The maximum atomic E-state index is 11.9. The second-order valence-corrected chi connectivity index (χ2v) is 5.60. The third-order valence-electron chi connectivity index (χ3n) is 3.17. The molecule has 3 heteroatoms. The summed E-state index contributed by atoms with van der Waals surface area (Å²) in [6.45, 7) is 2.07. The summed E-state index contributed by atoms with van der Waals surface area (Å²) in [7, 11) is 0. The molecule has 0 radical (unpaired) electrons. The number of rotatable bonds is 2. The zero-order chi connectivity index (χ0) is 11.5. The first-order valence-corrected chi connectivity index (χ1v) is 6.82. The van der Waals surface area contributed by atoms with Crippen LogP contribution in [0.1, 0.15) is 31.2 Å². The number of aryl methyl sites for hydroxylation is 1. The van der Waals surface area contributed by atoms with E-state index in [9.17, 15) is 4.79 Å². The average molecular weight is 329 g/mol. The number of benzene rings is 1. The Morgan fingerprint density at radius 3 is 2.69 bits per heavy atom. The quantitative estimate of drug-likeness (QED) is 0.823. The second kappa shape index (κ2) is 5.17. The molecule has 86 valence electrons. The molecule has 0 atom stereocenters. The van der Waals surface area contributed by atoms with Crippen molar-refractivity contribution < 1.29 is 4.79 Å². The molecule has 1 saturated carbocycles. The average Bonchev–Trinajstić information content (AvgIpc) is 2.77. The first-order valence-electron chi connectivity index (χ1n) is 5.74. The lowest BCUT2D eigenvalue weighted by Gasteiger charge is -2.11. The normalized spacial score (nSPS) is 16.4. The fourth-order valence-electron chi connectivity index (χ4n) is 2.10. The minimum absolute atomic E-state index is 0.192. The fraction of sp³-hybridized carbons (Fsp3) is 0.462. The van der Waals surface area contributed by atoms with Crippen molar-refractivity contribution in [2.45, 2.75) is 32.6 Å². The summed E-state index contributed by atoms with van der Waals surface area (Å²) in [6, 6.07) is 6.05. The first-order chi connectivity index (χ1) is 7.66. The van der Waals surface area contributed by atoms with E-state index < -0.39 is 0 Å². The molecule has 1 aliphatic rings. The van der Waals surface area contributed by atoms with Crippen LogP contribution in [0.2, 0.25) is 0 Å². The van der Waals surface area contributed by atoms with E-state index in [2.05, 4.69) is 34.8 Å². The Kier molecular flexibility index (Phi) is 3.84. The monoisotopic (exact) mass is 329 g/mol. The number of carbonyl (C=O) groups is 1. The molecular formula is C13H16INO. The molecular weight excluding hydrogens is 313 g/mol. The van der Waals surface area contributed by atoms with Crippen LogP contribution in [0, 0.1) is 16.4 Å². The van der Waals surface area contributed by atoms with Crippen LogP contribution in [-0.2, 0) is 4.79 Å². The Hall–Kier alpha value is -0.580. The van der Waals surface area contributed by atoms with E-state index in [-0.39, 0.29) is 11.8 Å². The summed E-state index contributed by atoms with van der Waals surface area (Å²) >= 11 is 2.29. The van der Waals surface area contributed by atoms with E-state index in [0.29, 0.717) is 0 Å². The predicted molar refractivity (Wildman–Crippen MR) is 74.5 cm³/mol. The lowest BCUT2D eigenvalue weighted by atomic mass is 10.1. The van der Waals surface area contributed by atoms with Crippen molar-refractivity contribution in [3.05, 3.63) is 27.3 Å². The number of carbonyl (C=O) groups excluding carboxylic acids is 1. The van der Waals surface area contributed by atoms with Gasteiger partial charge in [0.15, 0.2) is 0 Å². The lowest BCUT2D eigenvalue weighted by molar-refractivity contribution is -0.119. The Labute approximate surface area is 110 Å². The number of nitrogens with one attached hydrogen (secondary N) is 1. The zero-order valence-corrected chi connectivity index (χ0v) is 11.6. The molecule has 1 aromatic rings. The van der Waals surface area contributed by atoms with Crippen LogP contribution in [0.25, 0.3) is 0 Å². The van der Waals surface area contributed by atoms with Crippen LogP contribution >= 0.6 is 22.6 Å². The molecule has 1 N–H and O–H groups in total. The number of anilines is 1. The van der Waals surface area contributed by atoms with Crippen LogP contribution < -0.4 is 5.32 Å². The summed E-state index contributed by atoms with van der Waals surface area (Å²) in [5, 5.41) is 3.01. The molecule has 2 nitrogen and oxygen atoms in total. The fourth-order valence-corrected chi connectivity index (χ4v) is 2.62. The summed E-state index contributed by atoms with van der Waals surface area (Å²) in [5.74, 6) is 0.427. The van der Waals surface area contributed by atoms with Gasteiger partial charge in [0.25, 0.3) is 0 Å². The molecule has 0 aliphatic heterocycles. The maximum Gasteiger partial charge on any atom is 0.227 e. The van der Waals surface area contributed by atoms with Crippen LogP contribution in [-0.4, -0.2) is 5.91 Å². The third-order valence-corrected chi connectivity index (χ3v) is 4.33. The summed E-state index contributed by atoms with van der Waals surface area (Å²) in [4.78, 5) is 11.9. The molecule has 0 heterocycles. The highest BCUT2D eigenvalue weighted by Gasteiger charge is 2.22. The molecule has 0 saturated heterocycles. The number of hydrogen-bond donors (Lipinski definition) is 1. The van der Waals surface area contributed by atoms with Crippen molar-refractivity contribution in [3.8, 4) is 0 Å². The molecule has 0 bridgehead atoms. The minimum atomic E-state index is 0.192.